The van der Waals surface area contributed by atoms with Crippen LogP contribution in [0.5, 0.6) is 5.88 Å². The molecule has 1 heterocycles. The number of ether oxygens (including phenoxy) is 1. The van der Waals surface area contributed by atoms with Gasteiger partial charge in [-0.15, -0.1) is 0 Å². The van der Waals surface area contributed by atoms with Crippen molar-refractivity contribution >= 4 is 15.9 Å². The van der Waals surface area contributed by atoms with Gasteiger partial charge in [-0.05, 0) is 11.6 Å². The number of rotatable bonds is 4. The van der Waals surface area contributed by atoms with Gasteiger partial charge in [-0.1, -0.05) is 40.2 Å². The molecule has 3 nitrogen and oxygen atoms in total. The quantitative estimate of drug-likeness (QED) is 0.943. The van der Waals surface area contributed by atoms with E-state index in [0.717, 1.165) is 15.6 Å². The number of hydrogen-bond acceptors (Lipinski definition) is 3. The van der Waals surface area contributed by atoms with Crippen LogP contribution in [0, 0.1) is 0 Å². The topological polar surface area (TPSA) is 48.1 Å². The van der Waals surface area contributed by atoms with E-state index in [9.17, 15) is 0 Å². The first-order valence-corrected chi connectivity index (χ1v) is 6.10. The lowest BCUT2D eigenvalue weighted by atomic mass is 10.2. The zero-order valence-electron chi connectivity index (χ0n) is 9.27. The highest BCUT2D eigenvalue weighted by atomic mass is 79.9. The molecule has 0 atom stereocenters. The third-order valence-electron chi connectivity index (χ3n) is 2.37. The highest BCUT2D eigenvalue weighted by Crippen LogP contribution is 2.18. The summed E-state index contributed by atoms with van der Waals surface area (Å²) in [4.78, 5) is 4.18. The highest BCUT2D eigenvalue weighted by molar-refractivity contribution is 9.10. The van der Waals surface area contributed by atoms with Crippen LogP contribution >= 0.6 is 15.9 Å². The number of benzene rings is 1. The average molecular weight is 293 g/mol. The van der Waals surface area contributed by atoms with E-state index in [0.29, 0.717) is 19.0 Å². The van der Waals surface area contributed by atoms with Crippen molar-refractivity contribution in [2.24, 2.45) is 5.73 Å². The molecular formula is C13H13BrN2O. The van der Waals surface area contributed by atoms with E-state index < -0.39 is 0 Å². The number of aromatic nitrogens is 1. The molecule has 0 saturated heterocycles. The highest BCUT2D eigenvalue weighted by Gasteiger charge is 2.00. The van der Waals surface area contributed by atoms with Crippen LogP contribution in [-0.2, 0) is 13.2 Å². The third-order valence-corrected chi connectivity index (χ3v) is 3.14. The van der Waals surface area contributed by atoms with Crippen molar-refractivity contribution in [1.82, 2.24) is 4.98 Å². The second kappa shape index (κ2) is 5.80. The van der Waals surface area contributed by atoms with Crippen LogP contribution in [0.4, 0.5) is 0 Å². The maximum atomic E-state index is 5.59. The Morgan fingerprint density at radius 2 is 2.00 bits per heavy atom. The summed E-state index contributed by atoms with van der Waals surface area (Å²) >= 11 is 3.48. The first-order chi connectivity index (χ1) is 8.29. The molecule has 1 aromatic heterocycles. The van der Waals surface area contributed by atoms with Crippen LogP contribution in [0.25, 0.3) is 0 Å². The van der Waals surface area contributed by atoms with E-state index in [4.69, 9.17) is 10.5 Å². The Morgan fingerprint density at radius 3 is 2.65 bits per heavy atom. The predicted octanol–water partition coefficient (Wildman–Crippen LogP) is 2.88. The Balaban J connectivity index is 2.00. The molecule has 0 aliphatic carbocycles. The van der Waals surface area contributed by atoms with Gasteiger partial charge in [0.2, 0.25) is 5.88 Å². The van der Waals surface area contributed by atoms with E-state index >= 15 is 0 Å². The van der Waals surface area contributed by atoms with Crippen LogP contribution < -0.4 is 10.5 Å². The largest absolute Gasteiger partial charge is 0.473 e. The first-order valence-electron chi connectivity index (χ1n) is 5.31. The van der Waals surface area contributed by atoms with Crippen molar-refractivity contribution in [3.63, 3.8) is 0 Å². The smallest absolute Gasteiger partial charge is 0.213 e. The molecule has 0 unspecified atom stereocenters. The van der Waals surface area contributed by atoms with E-state index in [-0.39, 0.29) is 0 Å². The number of nitrogens with two attached hydrogens (primary N) is 1. The lowest BCUT2D eigenvalue weighted by Crippen LogP contribution is -2.00. The van der Waals surface area contributed by atoms with Gasteiger partial charge >= 0.3 is 0 Å². The summed E-state index contributed by atoms with van der Waals surface area (Å²) in [7, 11) is 0. The molecule has 0 radical (unpaired) electrons. The molecule has 0 aliphatic rings. The molecule has 0 amide bonds. The van der Waals surface area contributed by atoms with Gasteiger partial charge in [0.05, 0.1) is 0 Å². The number of nitrogens with zero attached hydrogens (tertiary/aromatic N) is 1. The van der Waals surface area contributed by atoms with Gasteiger partial charge in [0.1, 0.15) is 6.61 Å². The molecular weight excluding hydrogens is 280 g/mol. The Morgan fingerprint density at radius 1 is 1.18 bits per heavy atom. The molecule has 0 spiro atoms. The summed E-state index contributed by atoms with van der Waals surface area (Å²) in [5.74, 6) is 0.609. The lowest BCUT2D eigenvalue weighted by Gasteiger charge is -2.07. The third kappa shape index (κ3) is 3.28. The van der Waals surface area contributed by atoms with Crippen molar-refractivity contribution in [2.45, 2.75) is 13.2 Å². The number of pyridine rings is 1. The van der Waals surface area contributed by atoms with E-state index in [1.165, 1.54) is 0 Å². The van der Waals surface area contributed by atoms with Crippen molar-refractivity contribution in [3.05, 3.63) is 58.2 Å². The Hall–Kier alpha value is -1.39. The minimum Gasteiger partial charge on any atom is -0.473 e. The zero-order chi connectivity index (χ0) is 12.1. The second-order valence-electron chi connectivity index (χ2n) is 3.59. The number of halogens is 1. The molecule has 2 aromatic rings. The summed E-state index contributed by atoms with van der Waals surface area (Å²) in [5.41, 5.74) is 7.59. The fourth-order valence-corrected chi connectivity index (χ4v) is 1.78. The van der Waals surface area contributed by atoms with Gasteiger partial charge in [-0.3, -0.25) is 0 Å². The maximum Gasteiger partial charge on any atom is 0.213 e. The minimum atomic E-state index is 0.496. The van der Waals surface area contributed by atoms with Crippen molar-refractivity contribution < 1.29 is 4.74 Å². The molecule has 4 heteroatoms. The summed E-state index contributed by atoms with van der Waals surface area (Å²) in [5, 5.41) is 0. The van der Waals surface area contributed by atoms with Crippen molar-refractivity contribution in [1.29, 1.82) is 0 Å². The molecule has 2 rings (SSSR count). The maximum absolute atomic E-state index is 5.59. The van der Waals surface area contributed by atoms with Crippen LogP contribution in [0.2, 0.25) is 0 Å². The van der Waals surface area contributed by atoms with Crippen LogP contribution in [0.1, 0.15) is 11.1 Å². The fraction of sp³-hybridized carbons (Fsp3) is 0.154. The van der Waals surface area contributed by atoms with Crippen molar-refractivity contribution in [2.75, 3.05) is 0 Å². The van der Waals surface area contributed by atoms with Crippen LogP contribution in [-0.4, -0.2) is 4.98 Å². The lowest BCUT2D eigenvalue weighted by molar-refractivity contribution is 0.293. The van der Waals surface area contributed by atoms with Gasteiger partial charge in [0.25, 0.3) is 0 Å². The minimum absolute atomic E-state index is 0.496. The predicted molar refractivity (Wildman–Crippen MR) is 70.6 cm³/mol. The molecule has 0 saturated carbocycles. The molecule has 1 aromatic carbocycles. The summed E-state index contributed by atoms with van der Waals surface area (Å²) in [6.45, 7) is 0.994. The van der Waals surface area contributed by atoms with Gasteiger partial charge in [0.15, 0.2) is 0 Å². The SMILES string of the molecule is NCc1ccc(OCc2ccccc2Br)nc1. The van der Waals surface area contributed by atoms with E-state index in [1.54, 1.807) is 6.20 Å². The Bertz CT molecular complexity index is 485. The standard InChI is InChI=1S/C13H13BrN2O/c14-12-4-2-1-3-11(12)9-17-13-6-5-10(7-15)8-16-13/h1-6,8H,7,9,15H2. The Kier molecular flexibility index (Phi) is 4.12. The summed E-state index contributed by atoms with van der Waals surface area (Å²) in [6, 6.07) is 11.7. The average Bonchev–Trinajstić information content (AvgIpc) is 2.38. The van der Waals surface area contributed by atoms with Crippen molar-refractivity contribution in [3.8, 4) is 5.88 Å². The van der Waals surface area contributed by atoms with E-state index in [1.807, 2.05) is 36.4 Å². The van der Waals surface area contributed by atoms with Gasteiger partial charge in [-0.2, -0.15) is 0 Å². The monoisotopic (exact) mass is 292 g/mol. The van der Waals surface area contributed by atoms with Gasteiger partial charge in [-0.25, -0.2) is 4.98 Å². The van der Waals surface area contributed by atoms with Gasteiger partial charge in [0, 0.05) is 28.8 Å². The first kappa shape index (κ1) is 12.1. The zero-order valence-corrected chi connectivity index (χ0v) is 10.9. The normalized spacial score (nSPS) is 10.2. The molecule has 88 valence electrons. The fourth-order valence-electron chi connectivity index (χ4n) is 1.38. The molecule has 0 bridgehead atoms. The number of hydrogen-bond donors (Lipinski definition) is 1. The van der Waals surface area contributed by atoms with Crippen LogP contribution in [0.3, 0.4) is 0 Å². The molecule has 17 heavy (non-hydrogen) atoms. The Labute approximate surface area is 109 Å². The summed E-state index contributed by atoms with van der Waals surface area (Å²) in [6.07, 6.45) is 1.73. The van der Waals surface area contributed by atoms with Gasteiger partial charge < -0.3 is 10.5 Å². The summed E-state index contributed by atoms with van der Waals surface area (Å²) < 4.78 is 6.63. The molecule has 0 fully saturated rings. The second-order valence-corrected chi connectivity index (χ2v) is 4.44. The van der Waals surface area contributed by atoms with Crippen LogP contribution in [0.15, 0.2) is 47.1 Å². The molecule has 0 aliphatic heterocycles. The van der Waals surface area contributed by atoms with E-state index in [2.05, 4.69) is 20.9 Å². The molecule has 2 N–H and O–H groups in total.